The van der Waals surface area contributed by atoms with E-state index >= 15 is 0 Å². The van der Waals surface area contributed by atoms with Crippen LogP contribution in [0, 0.1) is 19.8 Å². The van der Waals surface area contributed by atoms with Gasteiger partial charge < -0.3 is 10.4 Å². The molecule has 1 aromatic heterocycles. The van der Waals surface area contributed by atoms with Crippen molar-refractivity contribution >= 4 is 5.91 Å². The van der Waals surface area contributed by atoms with Gasteiger partial charge in [-0.2, -0.15) is 5.10 Å². The van der Waals surface area contributed by atoms with Crippen molar-refractivity contribution < 1.29 is 9.90 Å². The Morgan fingerprint density at radius 1 is 1.28 bits per heavy atom. The summed E-state index contributed by atoms with van der Waals surface area (Å²) in [5.41, 5.74) is 4.39. The topological polar surface area (TPSA) is 67.2 Å². The zero-order valence-corrected chi connectivity index (χ0v) is 15.6. The van der Waals surface area contributed by atoms with Crippen LogP contribution in [0.3, 0.4) is 0 Å². The third-order valence-corrected chi connectivity index (χ3v) is 4.89. The fourth-order valence-corrected chi connectivity index (χ4v) is 3.18. The average Bonchev–Trinajstić information content (AvgIpc) is 2.85. The lowest BCUT2D eigenvalue weighted by Crippen LogP contribution is -2.34. The molecule has 0 saturated heterocycles. The largest absolute Gasteiger partial charge is 0.396 e. The van der Waals surface area contributed by atoms with Gasteiger partial charge in [0.15, 0.2) is 0 Å². The highest BCUT2D eigenvalue weighted by molar-refractivity contribution is 5.78. The van der Waals surface area contributed by atoms with Crippen molar-refractivity contribution in [3.63, 3.8) is 0 Å². The molecule has 2 aromatic rings. The van der Waals surface area contributed by atoms with Gasteiger partial charge in [-0.3, -0.25) is 9.48 Å². The molecule has 136 valence electrons. The second-order valence-corrected chi connectivity index (χ2v) is 6.74. The van der Waals surface area contributed by atoms with Crippen molar-refractivity contribution in [3.8, 4) is 0 Å². The Kier molecular flexibility index (Phi) is 6.76. The van der Waals surface area contributed by atoms with Crippen LogP contribution in [0.1, 0.15) is 41.8 Å². The lowest BCUT2D eigenvalue weighted by molar-refractivity contribution is -0.124. The van der Waals surface area contributed by atoms with E-state index in [0.29, 0.717) is 19.4 Å². The smallest absolute Gasteiger partial charge is 0.223 e. The minimum absolute atomic E-state index is 0.0431. The van der Waals surface area contributed by atoms with E-state index in [9.17, 15) is 9.90 Å². The Bertz CT molecular complexity index is 694. The van der Waals surface area contributed by atoms with E-state index in [1.54, 1.807) is 0 Å². The number of amides is 1. The molecule has 2 N–H and O–H groups in total. The number of benzene rings is 1. The van der Waals surface area contributed by atoms with Crippen LogP contribution >= 0.6 is 0 Å². The van der Waals surface area contributed by atoms with Crippen molar-refractivity contribution in [3.05, 3.63) is 52.8 Å². The molecule has 5 nitrogen and oxygen atoms in total. The molecule has 1 heterocycles. The van der Waals surface area contributed by atoms with E-state index in [1.807, 2.05) is 62.8 Å². The number of aliphatic hydroxyl groups is 1. The number of hydrogen-bond acceptors (Lipinski definition) is 3. The number of aryl methyl sites for hydroxylation is 2. The van der Waals surface area contributed by atoms with Gasteiger partial charge in [-0.25, -0.2) is 0 Å². The zero-order chi connectivity index (χ0) is 18.4. The second kappa shape index (κ2) is 8.81. The molecule has 25 heavy (non-hydrogen) atoms. The summed E-state index contributed by atoms with van der Waals surface area (Å²) in [5, 5.41) is 16.8. The minimum atomic E-state index is -0.118. The van der Waals surface area contributed by atoms with E-state index in [0.717, 1.165) is 22.5 Å². The standard InChI is InChI=1S/C20H29N3O2/c1-14(12-19-15(2)22-23(4)16(19)3)20(25)21-13-18(10-11-24)17-8-6-5-7-9-17/h5-9,14,18,24H,10-13H2,1-4H3,(H,21,25). The molecule has 0 radical (unpaired) electrons. The summed E-state index contributed by atoms with van der Waals surface area (Å²) in [6.45, 7) is 6.62. The second-order valence-electron chi connectivity index (χ2n) is 6.74. The van der Waals surface area contributed by atoms with Crippen molar-refractivity contribution in [1.82, 2.24) is 15.1 Å². The van der Waals surface area contributed by atoms with Crippen molar-refractivity contribution in [2.75, 3.05) is 13.2 Å². The Balaban J connectivity index is 1.95. The zero-order valence-electron chi connectivity index (χ0n) is 15.6. The minimum Gasteiger partial charge on any atom is -0.396 e. The maximum atomic E-state index is 12.5. The van der Waals surface area contributed by atoms with Gasteiger partial charge in [-0.05, 0) is 37.8 Å². The van der Waals surface area contributed by atoms with Gasteiger partial charge in [-0.1, -0.05) is 37.3 Å². The number of carbonyl (C=O) groups excluding carboxylic acids is 1. The number of nitrogens with one attached hydrogen (secondary N) is 1. The summed E-state index contributed by atoms with van der Waals surface area (Å²) < 4.78 is 1.86. The lowest BCUT2D eigenvalue weighted by atomic mass is 9.95. The Morgan fingerprint density at radius 2 is 1.96 bits per heavy atom. The predicted octanol–water partition coefficient (Wildman–Crippen LogP) is 2.50. The first-order valence-corrected chi connectivity index (χ1v) is 8.86. The Hall–Kier alpha value is -2.14. The van der Waals surface area contributed by atoms with E-state index in [1.165, 1.54) is 0 Å². The summed E-state index contributed by atoms with van der Waals surface area (Å²) in [6, 6.07) is 10.0. The first kappa shape index (κ1) is 19.2. The molecule has 0 aliphatic heterocycles. The Labute approximate surface area is 150 Å². The predicted molar refractivity (Wildman–Crippen MR) is 99.4 cm³/mol. The van der Waals surface area contributed by atoms with Crippen LogP contribution in [0.25, 0.3) is 0 Å². The fourth-order valence-electron chi connectivity index (χ4n) is 3.18. The van der Waals surface area contributed by atoms with E-state index in [2.05, 4.69) is 10.4 Å². The van der Waals surface area contributed by atoms with Gasteiger partial charge in [0.25, 0.3) is 0 Å². The number of rotatable bonds is 8. The highest BCUT2D eigenvalue weighted by atomic mass is 16.3. The molecule has 1 aromatic carbocycles. The first-order chi connectivity index (χ1) is 11.9. The normalized spacial score (nSPS) is 13.5. The average molecular weight is 343 g/mol. The molecule has 2 unspecified atom stereocenters. The van der Waals surface area contributed by atoms with Crippen LogP contribution in [-0.4, -0.2) is 33.9 Å². The van der Waals surface area contributed by atoms with E-state index in [4.69, 9.17) is 0 Å². The van der Waals surface area contributed by atoms with Gasteiger partial charge in [0.1, 0.15) is 0 Å². The number of aliphatic hydroxyl groups excluding tert-OH is 1. The Morgan fingerprint density at radius 3 is 2.52 bits per heavy atom. The molecule has 2 atom stereocenters. The van der Waals surface area contributed by atoms with Crippen LogP contribution in [0.5, 0.6) is 0 Å². The van der Waals surface area contributed by atoms with Crippen molar-refractivity contribution in [2.45, 2.75) is 39.5 Å². The maximum absolute atomic E-state index is 12.5. The van der Waals surface area contributed by atoms with Crippen LogP contribution in [0.15, 0.2) is 30.3 Å². The summed E-state index contributed by atoms with van der Waals surface area (Å²) in [7, 11) is 1.93. The molecule has 2 rings (SSSR count). The third kappa shape index (κ3) is 4.92. The highest BCUT2D eigenvalue weighted by Crippen LogP contribution is 2.20. The summed E-state index contributed by atoms with van der Waals surface area (Å²) in [5.74, 6) is 0.0536. The van der Waals surface area contributed by atoms with Crippen LogP contribution in [0.2, 0.25) is 0 Å². The summed E-state index contributed by atoms with van der Waals surface area (Å²) in [6.07, 6.45) is 1.33. The molecule has 0 fully saturated rings. The van der Waals surface area contributed by atoms with Crippen LogP contribution < -0.4 is 5.32 Å². The summed E-state index contributed by atoms with van der Waals surface area (Å²) >= 11 is 0. The number of carbonyl (C=O) groups is 1. The fraction of sp³-hybridized carbons (Fsp3) is 0.500. The molecular weight excluding hydrogens is 314 g/mol. The van der Waals surface area contributed by atoms with Gasteiger partial charge in [-0.15, -0.1) is 0 Å². The third-order valence-electron chi connectivity index (χ3n) is 4.89. The van der Waals surface area contributed by atoms with Gasteiger partial charge in [0.05, 0.1) is 5.69 Å². The highest BCUT2D eigenvalue weighted by Gasteiger charge is 2.20. The molecular formula is C20H29N3O2. The van der Waals surface area contributed by atoms with Gasteiger partial charge >= 0.3 is 0 Å². The van der Waals surface area contributed by atoms with Crippen molar-refractivity contribution in [1.29, 1.82) is 0 Å². The SMILES string of the molecule is Cc1nn(C)c(C)c1CC(C)C(=O)NCC(CCO)c1ccccc1. The van der Waals surface area contributed by atoms with Gasteiger partial charge in [0.2, 0.25) is 5.91 Å². The molecule has 1 amide bonds. The first-order valence-electron chi connectivity index (χ1n) is 8.86. The lowest BCUT2D eigenvalue weighted by Gasteiger charge is -2.19. The van der Waals surface area contributed by atoms with Crippen LogP contribution in [-0.2, 0) is 18.3 Å². The van der Waals surface area contributed by atoms with E-state index < -0.39 is 0 Å². The summed E-state index contributed by atoms with van der Waals surface area (Å²) in [4.78, 5) is 12.5. The monoisotopic (exact) mass is 343 g/mol. The maximum Gasteiger partial charge on any atom is 0.223 e. The molecule has 0 bridgehead atoms. The molecule has 0 spiro atoms. The number of nitrogens with zero attached hydrogens (tertiary/aromatic N) is 2. The molecule has 0 saturated carbocycles. The van der Waals surface area contributed by atoms with E-state index in [-0.39, 0.29) is 24.3 Å². The van der Waals surface area contributed by atoms with Crippen molar-refractivity contribution in [2.24, 2.45) is 13.0 Å². The quantitative estimate of drug-likeness (QED) is 0.774. The number of hydrogen-bond donors (Lipinski definition) is 2. The van der Waals surface area contributed by atoms with Gasteiger partial charge in [0, 0.05) is 37.7 Å². The number of aromatic nitrogens is 2. The molecule has 0 aliphatic rings. The molecule has 0 aliphatic carbocycles. The molecule has 5 heteroatoms. The van der Waals surface area contributed by atoms with Crippen LogP contribution in [0.4, 0.5) is 0 Å².